The number of carbonyl (C=O) groups excluding carboxylic acids is 1. The molecule has 6 nitrogen and oxygen atoms in total. The summed E-state index contributed by atoms with van der Waals surface area (Å²) < 4.78 is 7.19. The van der Waals surface area contributed by atoms with Crippen molar-refractivity contribution in [2.24, 2.45) is 0 Å². The Labute approximate surface area is 163 Å². The van der Waals surface area contributed by atoms with Crippen LogP contribution in [0.5, 0.6) is 5.75 Å². The molecule has 0 unspecified atom stereocenters. The van der Waals surface area contributed by atoms with E-state index in [0.29, 0.717) is 17.1 Å². The summed E-state index contributed by atoms with van der Waals surface area (Å²) >= 11 is 0. The van der Waals surface area contributed by atoms with Crippen LogP contribution in [0, 0.1) is 0 Å². The molecule has 0 saturated heterocycles. The molecule has 28 heavy (non-hydrogen) atoms. The minimum atomic E-state index is -0.257. The summed E-state index contributed by atoms with van der Waals surface area (Å²) in [7, 11) is 1.55. The molecule has 2 aromatic heterocycles. The summed E-state index contributed by atoms with van der Waals surface area (Å²) in [4.78, 5) is 17.7. The van der Waals surface area contributed by atoms with Crippen LogP contribution in [0.4, 0.5) is 5.82 Å². The number of carbonyl (C=O) groups is 1. The minimum Gasteiger partial charge on any atom is -0.496 e. The number of amides is 1. The number of rotatable bonds is 6. The molecule has 6 heteroatoms. The maximum absolute atomic E-state index is 12.9. The van der Waals surface area contributed by atoms with Crippen molar-refractivity contribution in [3.05, 3.63) is 60.2 Å². The summed E-state index contributed by atoms with van der Waals surface area (Å²) in [6.07, 6.45) is 2.04. The number of benzene rings is 2. The monoisotopic (exact) mass is 374 g/mol. The van der Waals surface area contributed by atoms with Crippen molar-refractivity contribution >= 4 is 33.7 Å². The Bertz CT molecular complexity index is 1150. The lowest BCUT2D eigenvalue weighted by atomic mass is 10.1. The average molecular weight is 374 g/mol. The van der Waals surface area contributed by atoms with Gasteiger partial charge in [-0.25, -0.2) is 9.67 Å². The Morgan fingerprint density at radius 2 is 1.93 bits per heavy atom. The molecule has 2 aromatic carbocycles. The molecule has 0 aliphatic heterocycles. The van der Waals surface area contributed by atoms with E-state index in [2.05, 4.69) is 17.3 Å². The van der Waals surface area contributed by atoms with Crippen LogP contribution in [0.2, 0.25) is 0 Å². The van der Waals surface area contributed by atoms with Crippen LogP contribution in [0.3, 0.4) is 0 Å². The summed E-state index contributed by atoms with van der Waals surface area (Å²) in [6, 6.07) is 17.1. The molecule has 142 valence electrons. The predicted octanol–water partition coefficient (Wildman–Crippen LogP) is 4.65. The van der Waals surface area contributed by atoms with Crippen molar-refractivity contribution in [2.45, 2.75) is 26.3 Å². The number of hydrogen-bond acceptors (Lipinski definition) is 4. The molecule has 1 amide bonds. The van der Waals surface area contributed by atoms with Gasteiger partial charge < -0.3 is 10.1 Å². The van der Waals surface area contributed by atoms with Crippen LogP contribution >= 0.6 is 0 Å². The summed E-state index contributed by atoms with van der Waals surface area (Å²) in [5, 5.41) is 9.44. The Morgan fingerprint density at radius 1 is 1.14 bits per heavy atom. The number of aryl methyl sites for hydroxylation is 1. The average Bonchev–Trinajstić information content (AvgIpc) is 3.06. The number of para-hydroxylation sites is 2. The fourth-order valence-electron chi connectivity index (χ4n) is 3.26. The molecule has 0 bridgehead atoms. The topological polar surface area (TPSA) is 69.0 Å². The number of fused-ring (bicyclic) bond motifs is 2. The third kappa shape index (κ3) is 3.29. The molecule has 0 saturated carbocycles. The van der Waals surface area contributed by atoms with Crippen molar-refractivity contribution in [2.75, 3.05) is 12.4 Å². The lowest BCUT2D eigenvalue weighted by molar-refractivity contribution is 0.102. The molecular weight excluding hydrogens is 352 g/mol. The van der Waals surface area contributed by atoms with Crippen LogP contribution in [-0.4, -0.2) is 27.8 Å². The highest BCUT2D eigenvalue weighted by Gasteiger charge is 2.18. The lowest BCUT2D eigenvalue weighted by Crippen LogP contribution is -2.14. The van der Waals surface area contributed by atoms with Gasteiger partial charge >= 0.3 is 0 Å². The van der Waals surface area contributed by atoms with Gasteiger partial charge in [0.2, 0.25) is 0 Å². The van der Waals surface area contributed by atoms with Crippen LogP contribution in [0.1, 0.15) is 30.1 Å². The molecule has 0 fully saturated rings. The third-order valence-corrected chi connectivity index (χ3v) is 4.73. The van der Waals surface area contributed by atoms with Gasteiger partial charge in [-0.15, -0.1) is 0 Å². The molecule has 4 aromatic rings. The van der Waals surface area contributed by atoms with Crippen LogP contribution in [-0.2, 0) is 6.54 Å². The van der Waals surface area contributed by atoms with E-state index in [1.165, 1.54) is 0 Å². The standard InChI is InChI=1S/C22H22N4O2/c1-3-4-13-26-21-17(14-15-9-5-7-11-18(15)23-21)20(25-26)24-22(27)16-10-6-8-12-19(16)28-2/h5-12,14H,3-4,13H2,1-2H3,(H,24,25,27). The number of nitrogens with zero attached hydrogens (tertiary/aromatic N) is 3. The first-order valence-corrected chi connectivity index (χ1v) is 9.42. The third-order valence-electron chi connectivity index (χ3n) is 4.73. The first kappa shape index (κ1) is 18.0. The van der Waals surface area contributed by atoms with E-state index in [9.17, 15) is 4.79 Å². The molecule has 0 radical (unpaired) electrons. The lowest BCUT2D eigenvalue weighted by Gasteiger charge is -2.07. The maximum atomic E-state index is 12.9. The summed E-state index contributed by atoms with van der Waals surface area (Å²) in [5.41, 5.74) is 2.16. The largest absolute Gasteiger partial charge is 0.496 e. The number of pyridine rings is 1. The number of aromatic nitrogens is 3. The fraction of sp³-hybridized carbons (Fsp3) is 0.227. The molecule has 4 rings (SSSR count). The van der Waals surface area contributed by atoms with Crippen molar-refractivity contribution in [3.63, 3.8) is 0 Å². The second-order valence-electron chi connectivity index (χ2n) is 6.63. The number of hydrogen-bond donors (Lipinski definition) is 1. The smallest absolute Gasteiger partial charge is 0.260 e. The van der Waals surface area contributed by atoms with Gasteiger partial charge in [0.05, 0.1) is 23.6 Å². The van der Waals surface area contributed by atoms with E-state index in [0.717, 1.165) is 41.3 Å². The van der Waals surface area contributed by atoms with Crippen molar-refractivity contribution in [1.82, 2.24) is 14.8 Å². The first-order chi connectivity index (χ1) is 13.7. The van der Waals surface area contributed by atoms with Gasteiger partial charge in [-0.2, -0.15) is 5.10 Å². The van der Waals surface area contributed by atoms with E-state index in [1.54, 1.807) is 19.2 Å². The molecule has 0 aliphatic carbocycles. The van der Waals surface area contributed by atoms with Gasteiger partial charge in [-0.1, -0.05) is 43.7 Å². The van der Waals surface area contributed by atoms with Crippen molar-refractivity contribution in [1.29, 1.82) is 0 Å². The highest BCUT2D eigenvalue weighted by molar-refractivity contribution is 6.10. The van der Waals surface area contributed by atoms with Gasteiger partial charge in [0.1, 0.15) is 5.75 Å². The molecule has 0 aliphatic rings. The SMILES string of the molecule is CCCCn1nc(NC(=O)c2ccccc2OC)c2cc3ccccc3nc21. The van der Waals surface area contributed by atoms with Crippen LogP contribution in [0.25, 0.3) is 21.9 Å². The zero-order valence-electron chi connectivity index (χ0n) is 16.0. The second-order valence-corrected chi connectivity index (χ2v) is 6.63. The predicted molar refractivity (Wildman–Crippen MR) is 111 cm³/mol. The number of anilines is 1. The zero-order chi connectivity index (χ0) is 19.5. The number of nitrogens with one attached hydrogen (secondary N) is 1. The molecule has 0 atom stereocenters. The number of ether oxygens (including phenoxy) is 1. The van der Waals surface area contributed by atoms with Gasteiger partial charge in [0.25, 0.3) is 5.91 Å². The quantitative estimate of drug-likeness (QED) is 0.533. The molecular formula is C22H22N4O2. The minimum absolute atomic E-state index is 0.257. The molecule has 1 N–H and O–H groups in total. The fourth-order valence-corrected chi connectivity index (χ4v) is 3.26. The Balaban J connectivity index is 1.79. The van der Waals surface area contributed by atoms with Crippen LogP contribution < -0.4 is 10.1 Å². The molecule has 2 heterocycles. The zero-order valence-corrected chi connectivity index (χ0v) is 16.0. The summed E-state index contributed by atoms with van der Waals surface area (Å²) in [6.45, 7) is 2.89. The van der Waals surface area contributed by atoms with Gasteiger partial charge in [0, 0.05) is 11.9 Å². The van der Waals surface area contributed by atoms with Crippen molar-refractivity contribution in [3.8, 4) is 5.75 Å². The van der Waals surface area contributed by atoms with E-state index in [1.807, 2.05) is 47.1 Å². The summed E-state index contributed by atoms with van der Waals surface area (Å²) in [5.74, 6) is 0.784. The first-order valence-electron chi connectivity index (χ1n) is 9.42. The highest BCUT2D eigenvalue weighted by Crippen LogP contribution is 2.27. The van der Waals surface area contributed by atoms with Gasteiger partial charge in [-0.05, 0) is 30.7 Å². The molecule has 0 spiro atoms. The van der Waals surface area contributed by atoms with E-state index in [4.69, 9.17) is 9.72 Å². The highest BCUT2D eigenvalue weighted by atomic mass is 16.5. The number of unbranched alkanes of at least 4 members (excludes halogenated alkanes) is 1. The van der Waals surface area contributed by atoms with E-state index >= 15 is 0 Å². The van der Waals surface area contributed by atoms with Crippen molar-refractivity contribution < 1.29 is 9.53 Å². The van der Waals surface area contributed by atoms with Crippen LogP contribution in [0.15, 0.2) is 54.6 Å². The van der Waals surface area contributed by atoms with E-state index < -0.39 is 0 Å². The van der Waals surface area contributed by atoms with E-state index in [-0.39, 0.29) is 5.91 Å². The maximum Gasteiger partial charge on any atom is 0.260 e. The van der Waals surface area contributed by atoms with Gasteiger partial charge in [0.15, 0.2) is 11.5 Å². The Kier molecular flexibility index (Phi) is 4.93. The Morgan fingerprint density at radius 3 is 2.75 bits per heavy atom. The second kappa shape index (κ2) is 7.68. The normalized spacial score (nSPS) is 11.1. The Hall–Kier alpha value is -3.41. The van der Waals surface area contributed by atoms with Gasteiger partial charge in [-0.3, -0.25) is 4.79 Å². The number of methoxy groups -OCH3 is 1.